The molecule has 2 heterocycles. The third-order valence-corrected chi connectivity index (χ3v) is 16.5. The van der Waals surface area contributed by atoms with Crippen molar-refractivity contribution in [3.8, 4) is 5.75 Å². The second kappa shape index (κ2) is 18.3. The van der Waals surface area contributed by atoms with Crippen LogP contribution in [-0.2, 0) is 44.6 Å². The molecule has 0 saturated carbocycles. The van der Waals surface area contributed by atoms with Crippen LogP contribution in [0.2, 0.25) is 0 Å². The third kappa shape index (κ3) is 8.07. The second-order valence-electron chi connectivity index (χ2n) is 17.7. The first-order valence-electron chi connectivity index (χ1n) is 22.1. The van der Waals surface area contributed by atoms with Crippen LogP contribution in [0, 0.1) is 0 Å². The molecule has 7 aromatic rings. The number of benzene rings is 7. The van der Waals surface area contributed by atoms with Crippen molar-refractivity contribution >= 4 is 32.4 Å². The largest absolute Gasteiger partial charge is 0.426 e. The summed E-state index contributed by atoms with van der Waals surface area (Å²) in [5.41, 5.74) is 1.09. The highest BCUT2D eigenvalue weighted by Gasteiger charge is 2.70. The number of methoxy groups -OCH3 is 2. The van der Waals surface area contributed by atoms with E-state index < -0.39 is 51.5 Å². The molecule has 4 atom stereocenters. The van der Waals surface area contributed by atoms with Gasteiger partial charge < -0.3 is 23.5 Å². The Morgan fingerprint density at radius 1 is 0.462 bits per heavy atom. The fourth-order valence-electron chi connectivity index (χ4n) is 9.26. The molecule has 0 aliphatic carbocycles. The minimum Gasteiger partial charge on any atom is -0.426 e. The molecule has 0 spiro atoms. The maximum absolute atomic E-state index is 7.92. The quantitative estimate of drug-likeness (QED) is 0.120. The Bertz CT molecular complexity index is 2420. The summed E-state index contributed by atoms with van der Waals surface area (Å²) in [6.45, 7) is 10.4. The molecule has 332 valence electrons. The minimum absolute atomic E-state index is 0.354. The van der Waals surface area contributed by atoms with E-state index >= 15 is 0 Å². The number of fused-ring (bicyclic) bond motifs is 1. The van der Waals surface area contributed by atoms with Gasteiger partial charge in [0, 0.05) is 25.1 Å². The fraction of sp³-hybridized carbons (Fsp3) is 0.250. The summed E-state index contributed by atoms with van der Waals surface area (Å²) in [4.78, 5) is 0. The van der Waals surface area contributed by atoms with Gasteiger partial charge in [0.1, 0.15) is 18.0 Å². The fourth-order valence-corrected chi connectivity index (χ4v) is 13.3. The molecule has 0 unspecified atom stereocenters. The maximum Gasteiger partial charge on any atom is 0.399 e. The molecular weight excluding hydrogens is 847 g/mol. The highest BCUT2D eigenvalue weighted by Crippen LogP contribution is 2.65. The van der Waals surface area contributed by atoms with Gasteiger partial charge in [-0.25, -0.2) is 0 Å². The van der Waals surface area contributed by atoms with E-state index in [0.717, 1.165) is 33.1 Å². The molecule has 9 heteroatoms. The van der Waals surface area contributed by atoms with Crippen LogP contribution in [0.15, 0.2) is 200 Å². The SMILES string of the molecule is CO[C@]1(C)O[C@@H]2[C@@H](O[C@@]1(C)OC)C(c1ccccc1)(c1ccccc1)OP(Oc1c(P(c3ccccc3)c3ccccc3)cccc1C(C)(C)C)OC2(c1ccccc1)c1ccccc1. The highest BCUT2D eigenvalue weighted by molar-refractivity contribution is 7.80. The average molecular weight is 903 g/mol. The van der Waals surface area contributed by atoms with Gasteiger partial charge >= 0.3 is 8.60 Å². The van der Waals surface area contributed by atoms with Crippen LogP contribution in [0.3, 0.4) is 0 Å². The number of ether oxygens (including phenoxy) is 4. The predicted molar refractivity (Wildman–Crippen MR) is 261 cm³/mol. The monoisotopic (exact) mass is 902 g/mol. The van der Waals surface area contributed by atoms with Gasteiger partial charge in [-0.15, -0.1) is 0 Å². The number of para-hydroxylation sites is 1. The molecule has 0 bridgehead atoms. The van der Waals surface area contributed by atoms with Crippen LogP contribution in [-0.4, -0.2) is 38.0 Å². The van der Waals surface area contributed by atoms with Crippen molar-refractivity contribution in [1.82, 2.24) is 0 Å². The van der Waals surface area contributed by atoms with Crippen LogP contribution in [0.25, 0.3) is 0 Å². The van der Waals surface area contributed by atoms with Gasteiger partial charge in [-0.05, 0) is 60.0 Å². The molecule has 7 aromatic carbocycles. The minimum atomic E-state index is -2.43. The van der Waals surface area contributed by atoms with E-state index in [1.807, 2.05) is 86.6 Å². The molecule has 9 rings (SSSR count). The number of hydrogen-bond donors (Lipinski definition) is 0. The molecule has 2 fully saturated rings. The zero-order chi connectivity index (χ0) is 45.3. The van der Waals surface area contributed by atoms with Crippen LogP contribution in [0.1, 0.15) is 62.4 Å². The van der Waals surface area contributed by atoms with E-state index in [0.29, 0.717) is 5.75 Å². The average Bonchev–Trinajstić information content (AvgIpc) is 3.46. The molecule has 65 heavy (non-hydrogen) atoms. The van der Waals surface area contributed by atoms with Crippen molar-refractivity contribution < 1.29 is 32.5 Å². The molecule has 2 aliphatic heterocycles. The first-order valence-corrected chi connectivity index (χ1v) is 24.5. The van der Waals surface area contributed by atoms with Gasteiger partial charge in [0.25, 0.3) is 0 Å². The van der Waals surface area contributed by atoms with Crippen molar-refractivity contribution in [2.75, 3.05) is 14.2 Å². The molecule has 2 aliphatic rings. The Balaban J connectivity index is 1.39. The lowest BCUT2D eigenvalue weighted by atomic mass is 9.71. The van der Waals surface area contributed by atoms with Gasteiger partial charge in [0.05, 0.1) is 0 Å². The van der Waals surface area contributed by atoms with Gasteiger partial charge in [0.15, 0.2) is 11.2 Å². The smallest absolute Gasteiger partial charge is 0.399 e. The molecule has 2 saturated heterocycles. The first-order chi connectivity index (χ1) is 31.5. The van der Waals surface area contributed by atoms with Crippen LogP contribution < -0.4 is 20.4 Å². The second-order valence-corrected chi connectivity index (χ2v) is 20.9. The zero-order valence-corrected chi connectivity index (χ0v) is 39.7. The summed E-state index contributed by atoms with van der Waals surface area (Å²) in [5, 5.41) is 3.43. The molecule has 7 nitrogen and oxygen atoms in total. The zero-order valence-electron chi connectivity index (χ0n) is 38.0. The molecule has 0 radical (unpaired) electrons. The van der Waals surface area contributed by atoms with E-state index in [9.17, 15) is 0 Å². The summed E-state index contributed by atoms with van der Waals surface area (Å²) < 4.78 is 51.4. The first kappa shape index (κ1) is 45.1. The Kier molecular flexibility index (Phi) is 12.7. The van der Waals surface area contributed by atoms with Crippen LogP contribution in [0.5, 0.6) is 5.75 Å². The Morgan fingerprint density at radius 2 is 0.800 bits per heavy atom. The lowest BCUT2D eigenvalue weighted by Gasteiger charge is -2.57. The van der Waals surface area contributed by atoms with E-state index in [4.69, 9.17) is 32.5 Å². The van der Waals surface area contributed by atoms with Crippen molar-refractivity contribution in [3.63, 3.8) is 0 Å². The van der Waals surface area contributed by atoms with Crippen LogP contribution in [0.4, 0.5) is 0 Å². The highest BCUT2D eigenvalue weighted by atomic mass is 31.2. The van der Waals surface area contributed by atoms with Gasteiger partial charge in [-0.3, -0.25) is 9.05 Å². The summed E-state index contributed by atoms with van der Waals surface area (Å²) in [5.74, 6) is -2.17. The van der Waals surface area contributed by atoms with Crippen molar-refractivity contribution in [1.29, 1.82) is 0 Å². The normalized spacial score (nSPS) is 23.0. The number of rotatable bonds is 11. The molecule has 0 aromatic heterocycles. The predicted octanol–water partition coefficient (Wildman–Crippen LogP) is 11.8. The van der Waals surface area contributed by atoms with E-state index in [1.165, 1.54) is 10.6 Å². The van der Waals surface area contributed by atoms with Gasteiger partial charge in [-0.2, -0.15) is 0 Å². The van der Waals surface area contributed by atoms with Gasteiger partial charge in [-0.1, -0.05) is 221 Å². The lowest BCUT2D eigenvalue weighted by Crippen LogP contribution is -2.72. The van der Waals surface area contributed by atoms with Crippen molar-refractivity contribution in [2.45, 2.75) is 75.0 Å². The molecule has 0 amide bonds. The van der Waals surface area contributed by atoms with Crippen molar-refractivity contribution in [3.05, 3.63) is 228 Å². The Hall–Kier alpha value is -5.04. The lowest BCUT2D eigenvalue weighted by molar-refractivity contribution is -0.465. The van der Waals surface area contributed by atoms with E-state index in [-0.39, 0.29) is 5.41 Å². The summed E-state index contributed by atoms with van der Waals surface area (Å²) >= 11 is 0. The number of hydrogen-bond acceptors (Lipinski definition) is 7. The van der Waals surface area contributed by atoms with Crippen molar-refractivity contribution in [2.24, 2.45) is 0 Å². The standard InChI is InChI=1S/C56H56O7P2/c1-52(2,3)47-39-26-40-48(64(45-35-22-12-23-36-45)46-37-24-13-25-38-46)49(47)61-65-62-55(41-27-14-8-15-28-41,42-29-16-9-17-30-42)50-51(60-54(5,58-7)53(4,57-6)59-50)56(63-65,43-31-18-10-19-32-43)44-33-20-11-21-34-44/h8-40,50-51H,1-7H3/t50-,51-,53-,54-/m1/s1. The van der Waals surface area contributed by atoms with Crippen LogP contribution >= 0.6 is 16.5 Å². The van der Waals surface area contributed by atoms with Gasteiger partial charge in [0.2, 0.25) is 11.6 Å². The topological polar surface area (TPSA) is 64.6 Å². The maximum atomic E-state index is 7.92. The third-order valence-electron chi connectivity index (χ3n) is 12.9. The summed E-state index contributed by atoms with van der Waals surface area (Å²) in [6, 6.07) is 68.7. The summed E-state index contributed by atoms with van der Waals surface area (Å²) in [6.07, 6.45) is -1.92. The van der Waals surface area contributed by atoms with E-state index in [2.05, 4.69) is 148 Å². The van der Waals surface area contributed by atoms with E-state index in [1.54, 1.807) is 14.2 Å². The Morgan fingerprint density at radius 3 is 1.12 bits per heavy atom. The molecule has 0 N–H and O–H groups in total. The summed E-state index contributed by atoms with van der Waals surface area (Å²) in [7, 11) is -0.338. The Labute approximate surface area is 386 Å². The molecular formula is C56H56O7P2.